The fourth-order valence-corrected chi connectivity index (χ4v) is 3.93. The van der Waals surface area contributed by atoms with Crippen molar-refractivity contribution >= 4 is 16.9 Å². The molecule has 6 nitrogen and oxygen atoms in total. The molecule has 3 aromatic rings. The van der Waals surface area contributed by atoms with Crippen LogP contribution in [0.15, 0.2) is 54.9 Å². The Morgan fingerprint density at radius 1 is 1.10 bits per heavy atom. The maximum absolute atomic E-state index is 12.7. The standard InChI is InChI=1S/C23H28N4O2/c1-17(2)22(26-11-13-29-14-12-26)15-24-23(28)18-7-9-19(10-8-18)27-16-25-20-5-3-4-6-21(20)27/h3-10,16-17,22H,11-15H2,1-2H3,(H,24,28). The third-order valence-electron chi connectivity index (χ3n) is 5.62. The van der Waals surface area contributed by atoms with Gasteiger partial charge in [-0.2, -0.15) is 0 Å². The van der Waals surface area contributed by atoms with E-state index in [0.29, 0.717) is 24.1 Å². The Labute approximate surface area is 171 Å². The molecule has 1 N–H and O–H groups in total. The first-order valence-electron chi connectivity index (χ1n) is 10.3. The van der Waals surface area contributed by atoms with Crippen LogP contribution < -0.4 is 5.32 Å². The molecule has 1 aromatic heterocycles. The maximum Gasteiger partial charge on any atom is 0.251 e. The number of nitrogens with one attached hydrogen (secondary N) is 1. The Morgan fingerprint density at radius 3 is 2.55 bits per heavy atom. The average molecular weight is 393 g/mol. The van der Waals surface area contributed by atoms with E-state index in [2.05, 4.69) is 29.0 Å². The highest BCUT2D eigenvalue weighted by Gasteiger charge is 2.24. The largest absolute Gasteiger partial charge is 0.379 e. The lowest BCUT2D eigenvalue weighted by Crippen LogP contribution is -2.51. The third-order valence-corrected chi connectivity index (χ3v) is 5.62. The predicted molar refractivity (Wildman–Crippen MR) is 114 cm³/mol. The van der Waals surface area contributed by atoms with Crippen molar-refractivity contribution in [3.05, 3.63) is 60.4 Å². The highest BCUT2D eigenvalue weighted by Crippen LogP contribution is 2.18. The molecule has 2 heterocycles. The number of imidazole rings is 1. The summed E-state index contributed by atoms with van der Waals surface area (Å²) >= 11 is 0. The van der Waals surface area contributed by atoms with E-state index in [-0.39, 0.29) is 5.91 Å². The van der Waals surface area contributed by atoms with Crippen LogP contribution in [-0.4, -0.2) is 59.2 Å². The molecule has 1 amide bonds. The van der Waals surface area contributed by atoms with Gasteiger partial charge in [0, 0.05) is 36.9 Å². The van der Waals surface area contributed by atoms with Crippen molar-refractivity contribution in [1.82, 2.24) is 19.8 Å². The molecule has 152 valence electrons. The third kappa shape index (κ3) is 4.33. The lowest BCUT2D eigenvalue weighted by molar-refractivity contribution is 0.00673. The van der Waals surface area contributed by atoms with Gasteiger partial charge in [-0.05, 0) is 42.3 Å². The Bertz CT molecular complexity index is 958. The summed E-state index contributed by atoms with van der Waals surface area (Å²) < 4.78 is 7.49. The summed E-state index contributed by atoms with van der Waals surface area (Å²) in [5, 5.41) is 3.12. The highest BCUT2D eigenvalue weighted by atomic mass is 16.5. The van der Waals surface area contributed by atoms with Crippen LogP contribution in [0.25, 0.3) is 16.7 Å². The van der Waals surface area contributed by atoms with Gasteiger partial charge in [-0.25, -0.2) is 4.98 Å². The minimum atomic E-state index is -0.0362. The van der Waals surface area contributed by atoms with Crippen LogP contribution >= 0.6 is 0 Å². The Morgan fingerprint density at radius 2 is 1.83 bits per heavy atom. The van der Waals surface area contributed by atoms with E-state index in [4.69, 9.17) is 4.74 Å². The predicted octanol–water partition coefficient (Wildman–Crippen LogP) is 3.11. The molecule has 0 aliphatic carbocycles. The number of morpholine rings is 1. The number of carbonyl (C=O) groups is 1. The molecule has 1 atom stereocenters. The molecule has 0 saturated carbocycles. The number of carbonyl (C=O) groups excluding carboxylic acids is 1. The first kappa shape index (κ1) is 19.6. The molecule has 6 heteroatoms. The zero-order valence-electron chi connectivity index (χ0n) is 17.0. The molecule has 0 radical (unpaired) electrons. The van der Waals surface area contributed by atoms with Crippen molar-refractivity contribution in [1.29, 1.82) is 0 Å². The Balaban J connectivity index is 1.42. The van der Waals surface area contributed by atoms with Gasteiger partial charge in [-0.3, -0.25) is 14.3 Å². The summed E-state index contributed by atoms with van der Waals surface area (Å²) in [6.07, 6.45) is 1.81. The van der Waals surface area contributed by atoms with Crippen molar-refractivity contribution < 1.29 is 9.53 Å². The highest BCUT2D eigenvalue weighted by molar-refractivity contribution is 5.94. The van der Waals surface area contributed by atoms with Crippen molar-refractivity contribution in [2.24, 2.45) is 5.92 Å². The second-order valence-electron chi connectivity index (χ2n) is 7.82. The first-order valence-corrected chi connectivity index (χ1v) is 10.3. The quantitative estimate of drug-likeness (QED) is 0.700. The van der Waals surface area contributed by atoms with Crippen LogP contribution in [0, 0.1) is 5.92 Å². The van der Waals surface area contributed by atoms with Crippen LogP contribution in [0.4, 0.5) is 0 Å². The van der Waals surface area contributed by atoms with E-state index >= 15 is 0 Å². The smallest absolute Gasteiger partial charge is 0.251 e. The van der Waals surface area contributed by atoms with Gasteiger partial charge in [0.05, 0.1) is 24.2 Å². The summed E-state index contributed by atoms with van der Waals surface area (Å²) in [6.45, 7) is 8.43. The number of rotatable bonds is 6. The SMILES string of the molecule is CC(C)C(CNC(=O)c1ccc(-n2cnc3ccccc32)cc1)N1CCOCC1. The minimum absolute atomic E-state index is 0.0362. The molecule has 4 rings (SSSR count). The second-order valence-corrected chi connectivity index (χ2v) is 7.82. The van der Waals surface area contributed by atoms with Crippen LogP contribution in [0.2, 0.25) is 0 Å². The fourth-order valence-electron chi connectivity index (χ4n) is 3.93. The molecular weight excluding hydrogens is 364 g/mol. The number of amides is 1. The lowest BCUT2D eigenvalue weighted by Gasteiger charge is -2.36. The summed E-state index contributed by atoms with van der Waals surface area (Å²) in [7, 11) is 0. The summed E-state index contributed by atoms with van der Waals surface area (Å²) in [4.78, 5) is 19.5. The molecule has 29 heavy (non-hydrogen) atoms. The zero-order valence-corrected chi connectivity index (χ0v) is 17.0. The van der Waals surface area contributed by atoms with Crippen molar-refractivity contribution in [3.8, 4) is 5.69 Å². The number of hydrogen-bond donors (Lipinski definition) is 1. The van der Waals surface area contributed by atoms with Gasteiger partial charge >= 0.3 is 0 Å². The van der Waals surface area contributed by atoms with Gasteiger partial charge in [0.25, 0.3) is 5.91 Å². The van der Waals surface area contributed by atoms with Crippen LogP contribution in [0.5, 0.6) is 0 Å². The van der Waals surface area contributed by atoms with E-state index in [1.54, 1.807) is 0 Å². The Kier molecular flexibility index (Phi) is 5.92. The zero-order chi connectivity index (χ0) is 20.2. The van der Waals surface area contributed by atoms with E-state index in [0.717, 1.165) is 43.0 Å². The van der Waals surface area contributed by atoms with Gasteiger partial charge < -0.3 is 10.1 Å². The molecule has 1 fully saturated rings. The van der Waals surface area contributed by atoms with Gasteiger partial charge in [-0.1, -0.05) is 26.0 Å². The number of nitrogens with zero attached hydrogens (tertiary/aromatic N) is 3. The van der Waals surface area contributed by atoms with Crippen molar-refractivity contribution in [3.63, 3.8) is 0 Å². The van der Waals surface area contributed by atoms with E-state index < -0.39 is 0 Å². The van der Waals surface area contributed by atoms with Gasteiger partial charge in [-0.15, -0.1) is 0 Å². The fraction of sp³-hybridized carbons (Fsp3) is 0.391. The number of aromatic nitrogens is 2. The molecular formula is C23H28N4O2. The molecule has 1 aliphatic rings. The molecule has 0 bridgehead atoms. The first-order chi connectivity index (χ1) is 14.1. The number of benzene rings is 2. The van der Waals surface area contributed by atoms with E-state index in [9.17, 15) is 4.79 Å². The van der Waals surface area contributed by atoms with E-state index in [1.807, 2.05) is 59.4 Å². The van der Waals surface area contributed by atoms with Crippen molar-refractivity contribution in [2.75, 3.05) is 32.8 Å². The minimum Gasteiger partial charge on any atom is -0.379 e. The molecule has 1 saturated heterocycles. The van der Waals surface area contributed by atoms with Crippen molar-refractivity contribution in [2.45, 2.75) is 19.9 Å². The van der Waals surface area contributed by atoms with Crippen LogP contribution in [-0.2, 0) is 4.74 Å². The monoisotopic (exact) mass is 392 g/mol. The molecule has 0 spiro atoms. The normalized spacial score (nSPS) is 16.2. The molecule has 1 unspecified atom stereocenters. The molecule has 1 aliphatic heterocycles. The topological polar surface area (TPSA) is 59.4 Å². The summed E-state index contributed by atoms with van der Waals surface area (Å²) in [5.74, 6) is 0.427. The number of fused-ring (bicyclic) bond motifs is 1. The molecule has 2 aromatic carbocycles. The van der Waals surface area contributed by atoms with Crippen LogP contribution in [0.1, 0.15) is 24.2 Å². The number of hydrogen-bond acceptors (Lipinski definition) is 4. The van der Waals surface area contributed by atoms with Gasteiger partial charge in [0.15, 0.2) is 0 Å². The maximum atomic E-state index is 12.7. The van der Waals surface area contributed by atoms with Gasteiger partial charge in [0.2, 0.25) is 0 Å². The van der Waals surface area contributed by atoms with Gasteiger partial charge in [0.1, 0.15) is 6.33 Å². The van der Waals surface area contributed by atoms with E-state index in [1.165, 1.54) is 0 Å². The number of ether oxygens (including phenoxy) is 1. The second kappa shape index (κ2) is 8.76. The lowest BCUT2D eigenvalue weighted by atomic mass is 10.0. The number of para-hydroxylation sites is 2. The summed E-state index contributed by atoms with van der Waals surface area (Å²) in [6, 6.07) is 16.0. The average Bonchev–Trinajstić information content (AvgIpc) is 3.18. The van der Waals surface area contributed by atoms with Crippen LogP contribution in [0.3, 0.4) is 0 Å². The Hall–Kier alpha value is -2.70. The summed E-state index contributed by atoms with van der Waals surface area (Å²) in [5.41, 5.74) is 3.67.